The molecular formula is C10H13NO2. The van der Waals surface area contributed by atoms with Crippen molar-refractivity contribution in [2.75, 3.05) is 0 Å². The third kappa shape index (κ3) is 1.52. The minimum absolute atomic E-state index is 0.525. The SMILES string of the molecule is Cc1cncc2c1COC(C)(C)O2. The molecule has 0 atom stereocenters. The molecule has 1 aromatic heterocycles. The van der Waals surface area contributed by atoms with E-state index in [9.17, 15) is 0 Å². The van der Waals surface area contributed by atoms with Crippen molar-refractivity contribution in [2.24, 2.45) is 0 Å². The highest BCUT2D eigenvalue weighted by molar-refractivity contribution is 5.37. The molecule has 1 aromatic rings. The highest BCUT2D eigenvalue weighted by atomic mass is 16.7. The minimum atomic E-state index is -0.525. The zero-order chi connectivity index (χ0) is 9.47. The van der Waals surface area contributed by atoms with Gasteiger partial charge >= 0.3 is 0 Å². The lowest BCUT2D eigenvalue weighted by Gasteiger charge is -2.32. The molecule has 2 heterocycles. The van der Waals surface area contributed by atoms with Crippen LogP contribution in [0.15, 0.2) is 12.4 Å². The van der Waals surface area contributed by atoms with Crippen LogP contribution in [-0.4, -0.2) is 10.8 Å². The Morgan fingerprint density at radius 2 is 2.15 bits per heavy atom. The highest BCUT2D eigenvalue weighted by Gasteiger charge is 2.27. The van der Waals surface area contributed by atoms with E-state index < -0.39 is 5.79 Å². The van der Waals surface area contributed by atoms with E-state index in [1.165, 1.54) is 0 Å². The predicted octanol–water partition coefficient (Wildman–Crippen LogP) is 2.04. The van der Waals surface area contributed by atoms with Gasteiger partial charge in [-0.2, -0.15) is 0 Å². The lowest BCUT2D eigenvalue weighted by molar-refractivity contribution is -0.180. The standard InChI is InChI=1S/C10H13NO2/c1-7-4-11-5-9-8(7)6-12-10(2,3)13-9/h4-5H,6H2,1-3H3. The zero-order valence-electron chi connectivity index (χ0n) is 8.13. The van der Waals surface area contributed by atoms with Crippen molar-refractivity contribution in [3.8, 4) is 5.75 Å². The third-order valence-electron chi connectivity index (χ3n) is 2.15. The molecule has 0 spiro atoms. The molecule has 0 fully saturated rings. The van der Waals surface area contributed by atoms with Crippen LogP contribution in [0.4, 0.5) is 0 Å². The van der Waals surface area contributed by atoms with Gasteiger partial charge in [-0.25, -0.2) is 0 Å². The fourth-order valence-electron chi connectivity index (χ4n) is 1.38. The van der Waals surface area contributed by atoms with Gasteiger partial charge in [-0.1, -0.05) is 0 Å². The Balaban J connectivity index is 2.42. The second-order valence-electron chi connectivity index (χ2n) is 3.72. The number of aromatic nitrogens is 1. The summed E-state index contributed by atoms with van der Waals surface area (Å²) in [4.78, 5) is 4.08. The van der Waals surface area contributed by atoms with E-state index >= 15 is 0 Å². The van der Waals surface area contributed by atoms with Gasteiger partial charge in [0.15, 0.2) is 0 Å². The number of hydrogen-bond donors (Lipinski definition) is 0. The first-order valence-corrected chi connectivity index (χ1v) is 4.35. The Kier molecular flexibility index (Phi) is 1.77. The quantitative estimate of drug-likeness (QED) is 0.610. The van der Waals surface area contributed by atoms with Crippen molar-refractivity contribution >= 4 is 0 Å². The van der Waals surface area contributed by atoms with E-state index in [0.717, 1.165) is 16.9 Å². The van der Waals surface area contributed by atoms with Gasteiger partial charge in [-0.05, 0) is 12.5 Å². The largest absolute Gasteiger partial charge is 0.461 e. The van der Waals surface area contributed by atoms with E-state index in [-0.39, 0.29) is 0 Å². The third-order valence-corrected chi connectivity index (χ3v) is 2.15. The highest BCUT2D eigenvalue weighted by Crippen LogP contribution is 2.31. The number of fused-ring (bicyclic) bond motifs is 1. The van der Waals surface area contributed by atoms with Gasteiger partial charge in [0.2, 0.25) is 5.79 Å². The van der Waals surface area contributed by atoms with Crippen LogP contribution in [0.3, 0.4) is 0 Å². The molecule has 0 radical (unpaired) electrons. The van der Waals surface area contributed by atoms with Crippen LogP contribution >= 0.6 is 0 Å². The van der Waals surface area contributed by atoms with E-state index in [1.807, 2.05) is 27.0 Å². The van der Waals surface area contributed by atoms with E-state index in [1.54, 1.807) is 6.20 Å². The predicted molar refractivity (Wildman–Crippen MR) is 48.5 cm³/mol. The van der Waals surface area contributed by atoms with Crippen molar-refractivity contribution in [3.05, 3.63) is 23.5 Å². The smallest absolute Gasteiger partial charge is 0.205 e. The average Bonchev–Trinajstić information content (AvgIpc) is 2.02. The Morgan fingerprint density at radius 3 is 2.92 bits per heavy atom. The van der Waals surface area contributed by atoms with Crippen molar-refractivity contribution in [1.82, 2.24) is 4.98 Å². The summed E-state index contributed by atoms with van der Waals surface area (Å²) < 4.78 is 11.1. The Hall–Kier alpha value is -1.09. The van der Waals surface area contributed by atoms with Gasteiger partial charge in [-0.15, -0.1) is 0 Å². The molecule has 0 saturated carbocycles. The Morgan fingerprint density at radius 1 is 1.38 bits per heavy atom. The van der Waals surface area contributed by atoms with Crippen molar-refractivity contribution in [1.29, 1.82) is 0 Å². The molecule has 70 valence electrons. The monoisotopic (exact) mass is 179 g/mol. The number of hydrogen-bond acceptors (Lipinski definition) is 3. The topological polar surface area (TPSA) is 31.4 Å². The van der Waals surface area contributed by atoms with Crippen LogP contribution in [0.5, 0.6) is 5.75 Å². The number of aryl methyl sites for hydroxylation is 1. The van der Waals surface area contributed by atoms with Crippen molar-refractivity contribution in [3.63, 3.8) is 0 Å². The van der Waals surface area contributed by atoms with E-state index in [4.69, 9.17) is 9.47 Å². The van der Waals surface area contributed by atoms with Crippen LogP contribution < -0.4 is 4.74 Å². The van der Waals surface area contributed by atoms with Gasteiger partial charge in [0, 0.05) is 25.6 Å². The summed E-state index contributed by atoms with van der Waals surface area (Å²) in [6, 6.07) is 0. The first kappa shape index (κ1) is 8.51. The molecule has 3 nitrogen and oxygen atoms in total. The normalized spacial score (nSPS) is 19.0. The van der Waals surface area contributed by atoms with Gasteiger partial charge in [-0.3, -0.25) is 4.98 Å². The van der Waals surface area contributed by atoms with E-state index in [0.29, 0.717) is 6.61 Å². The molecule has 0 unspecified atom stereocenters. The minimum Gasteiger partial charge on any atom is -0.461 e. The van der Waals surface area contributed by atoms with Gasteiger partial charge in [0.25, 0.3) is 0 Å². The molecular weight excluding hydrogens is 166 g/mol. The zero-order valence-corrected chi connectivity index (χ0v) is 8.13. The van der Waals surface area contributed by atoms with Crippen LogP contribution in [0.25, 0.3) is 0 Å². The lowest BCUT2D eigenvalue weighted by Crippen LogP contribution is -2.35. The van der Waals surface area contributed by atoms with Crippen LogP contribution in [0.2, 0.25) is 0 Å². The fraction of sp³-hybridized carbons (Fsp3) is 0.500. The summed E-state index contributed by atoms with van der Waals surface area (Å²) >= 11 is 0. The summed E-state index contributed by atoms with van der Waals surface area (Å²) in [5, 5.41) is 0. The van der Waals surface area contributed by atoms with Crippen molar-refractivity contribution in [2.45, 2.75) is 33.2 Å². The molecule has 0 aliphatic carbocycles. The molecule has 13 heavy (non-hydrogen) atoms. The maximum absolute atomic E-state index is 5.62. The molecule has 3 heteroatoms. The van der Waals surface area contributed by atoms with Gasteiger partial charge in [0.05, 0.1) is 12.8 Å². The summed E-state index contributed by atoms with van der Waals surface area (Å²) in [5.74, 6) is 0.318. The molecule has 1 aliphatic heterocycles. The number of rotatable bonds is 0. The fourth-order valence-corrected chi connectivity index (χ4v) is 1.38. The molecule has 0 bridgehead atoms. The second-order valence-corrected chi connectivity index (χ2v) is 3.72. The Labute approximate surface area is 77.7 Å². The molecule has 1 aliphatic rings. The number of pyridine rings is 1. The molecule has 0 amide bonds. The molecule has 2 rings (SSSR count). The summed E-state index contributed by atoms with van der Waals surface area (Å²) in [5.41, 5.74) is 2.22. The van der Waals surface area contributed by atoms with Crippen LogP contribution in [-0.2, 0) is 11.3 Å². The Bertz CT molecular complexity index is 334. The van der Waals surface area contributed by atoms with Gasteiger partial charge < -0.3 is 9.47 Å². The molecule has 0 aromatic carbocycles. The number of ether oxygens (including phenoxy) is 2. The summed E-state index contributed by atoms with van der Waals surface area (Å²) in [7, 11) is 0. The van der Waals surface area contributed by atoms with Crippen molar-refractivity contribution < 1.29 is 9.47 Å². The second kappa shape index (κ2) is 2.70. The van der Waals surface area contributed by atoms with Gasteiger partial charge in [0.1, 0.15) is 5.75 Å². The molecule has 0 saturated heterocycles. The summed E-state index contributed by atoms with van der Waals surface area (Å²) in [6.45, 7) is 6.42. The number of nitrogens with zero attached hydrogens (tertiary/aromatic N) is 1. The first-order chi connectivity index (χ1) is 6.08. The summed E-state index contributed by atoms with van der Waals surface area (Å²) in [6.07, 6.45) is 3.57. The molecule has 0 N–H and O–H groups in total. The van der Waals surface area contributed by atoms with Crippen LogP contribution in [0, 0.1) is 6.92 Å². The average molecular weight is 179 g/mol. The lowest BCUT2D eigenvalue weighted by atomic mass is 10.1. The maximum Gasteiger partial charge on any atom is 0.205 e. The van der Waals surface area contributed by atoms with Crippen LogP contribution in [0.1, 0.15) is 25.0 Å². The van der Waals surface area contributed by atoms with E-state index in [2.05, 4.69) is 4.98 Å². The maximum atomic E-state index is 5.62. The first-order valence-electron chi connectivity index (χ1n) is 4.35.